The molecular weight excluding hydrogens is 692 g/mol. The van der Waals surface area contributed by atoms with Crippen LogP contribution >= 0.6 is 0 Å². The van der Waals surface area contributed by atoms with Crippen molar-refractivity contribution in [3.63, 3.8) is 0 Å². The van der Waals surface area contributed by atoms with Crippen molar-refractivity contribution in [2.24, 2.45) is 0 Å². The summed E-state index contributed by atoms with van der Waals surface area (Å²) in [6.45, 7) is 41.0. The van der Waals surface area contributed by atoms with Crippen LogP contribution in [0.15, 0.2) is 0 Å². The molecule has 10 nitrogen and oxygen atoms in total. The Morgan fingerprint density at radius 1 is 0.400 bits per heavy atom. The maximum Gasteiger partial charge on any atom is 0.678 e. The monoisotopic (exact) mass is 766 g/mol. The first-order valence-corrected chi connectivity index (χ1v) is 19.1. The first kappa shape index (κ1) is 55.3. The zero-order valence-corrected chi connectivity index (χ0v) is 37.8. The van der Waals surface area contributed by atoms with Gasteiger partial charge in [0.25, 0.3) is 0 Å². The van der Waals surface area contributed by atoms with Gasteiger partial charge in [-0.15, -0.1) is 0 Å². The molecule has 0 saturated heterocycles. The van der Waals surface area contributed by atoms with E-state index in [4.69, 9.17) is 36.8 Å². The molecule has 0 aromatic carbocycles. The van der Waals surface area contributed by atoms with Crippen molar-refractivity contribution in [2.45, 2.75) is 211 Å². The predicted octanol–water partition coefficient (Wildman–Crippen LogP) is 7.27. The molecule has 2 unspecified atom stereocenters. The summed E-state index contributed by atoms with van der Waals surface area (Å²) in [5.41, 5.74) is -3.10. The predicted molar refractivity (Wildman–Crippen MR) is 185 cm³/mol. The van der Waals surface area contributed by atoms with Gasteiger partial charge >= 0.3 is 18.1 Å². The quantitative estimate of drug-likeness (QED) is 0.187. The van der Waals surface area contributed by atoms with Crippen LogP contribution in [0.25, 0.3) is 0 Å². The fourth-order valence-corrected chi connectivity index (χ4v) is 7.34. The van der Waals surface area contributed by atoms with Crippen LogP contribution in [0, 0.1) is 0 Å². The van der Waals surface area contributed by atoms with Gasteiger partial charge in [-0.1, -0.05) is 13.8 Å². The van der Waals surface area contributed by atoms with Gasteiger partial charge in [-0.2, -0.15) is 0 Å². The van der Waals surface area contributed by atoms with Crippen LogP contribution in [0.1, 0.15) is 165 Å². The molecule has 0 fully saturated rings. The van der Waals surface area contributed by atoms with Crippen LogP contribution in [0.3, 0.4) is 0 Å². The van der Waals surface area contributed by atoms with Gasteiger partial charge in [0.2, 0.25) is 0 Å². The van der Waals surface area contributed by atoms with Crippen LogP contribution in [0.4, 0.5) is 0 Å². The van der Waals surface area contributed by atoms with E-state index in [1.165, 1.54) is 0 Å². The Morgan fingerprint density at radius 2 is 0.489 bits per heavy atom. The maximum absolute atomic E-state index is 10.5. The minimum absolute atomic E-state index is 0. The number of hydrogen-bond donors (Lipinski definition) is 4. The van der Waals surface area contributed by atoms with Gasteiger partial charge < -0.3 is 46.4 Å². The molecule has 4 N–H and O–H groups in total. The molecule has 0 aliphatic heterocycles. The average Bonchev–Trinajstić information content (AvgIpc) is 2.58. The molecule has 0 aromatic rings. The van der Waals surface area contributed by atoms with E-state index in [1.807, 2.05) is 138 Å². The van der Waals surface area contributed by atoms with E-state index >= 15 is 0 Å². The summed E-state index contributed by atoms with van der Waals surface area (Å²) in [5.74, 6) is 0. The molecule has 2 atom stereocenters. The summed E-state index contributed by atoms with van der Waals surface area (Å²) >= 11 is 0. The van der Waals surface area contributed by atoms with Crippen LogP contribution in [-0.4, -0.2) is 83.7 Å². The third-order valence-electron chi connectivity index (χ3n) is 3.79. The topological polar surface area (TPSA) is 136 Å². The Labute approximate surface area is 300 Å². The molecule has 0 bridgehead atoms. The summed E-state index contributed by atoms with van der Waals surface area (Å²) < 4.78 is 33.8. The van der Waals surface area contributed by atoms with Crippen molar-refractivity contribution in [1.82, 2.24) is 0 Å². The Hall–Kier alpha value is 0.917. The van der Waals surface area contributed by atoms with Gasteiger partial charge in [-0.25, -0.2) is 0 Å². The zero-order valence-electron chi connectivity index (χ0n) is 33.3. The summed E-state index contributed by atoms with van der Waals surface area (Å²) in [7, 11) is -7.31. The van der Waals surface area contributed by atoms with E-state index in [0.29, 0.717) is 0 Å². The molecule has 0 aromatic heterocycles. The third kappa shape index (κ3) is 49.4. The Balaban J connectivity index is -0.000000179. The van der Waals surface area contributed by atoms with Gasteiger partial charge in [0.1, 0.15) is 0 Å². The molecule has 13 heteroatoms. The summed E-state index contributed by atoms with van der Waals surface area (Å²) in [5, 5.41) is 16.7. The van der Waals surface area contributed by atoms with Gasteiger partial charge in [0, 0.05) is 26.2 Å². The molecule has 276 valence electrons. The van der Waals surface area contributed by atoms with Crippen molar-refractivity contribution in [3.8, 4) is 0 Å². The van der Waals surface area contributed by atoms with E-state index in [1.54, 1.807) is 13.8 Å². The first-order chi connectivity index (χ1) is 18.8. The van der Waals surface area contributed by atoms with Crippen molar-refractivity contribution in [3.05, 3.63) is 0 Å². The molecule has 0 heterocycles. The maximum atomic E-state index is 10.5. The van der Waals surface area contributed by atoms with E-state index in [9.17, 15) is 9.59 Å². The summed E-state index contributed by atoms with van der Waals surface area (Å²) in [6.07, 6.45) is 1.49. The molecule has 0 aliphatic carbocycles. The van der Waals surface area contributed by atoms with Crippen molar-refractivity contribution >= 4 is 18.1 Å². The van der Waals surface area contributed by atoms with Crippen LogP contribution < -0.4 is 0 Å². The molecular formula is C32H76O10Si2Zr. The van der Waals surface area contributed by atoms with E-state index < -0.39 is 51.7 Å². The Morgan fingerprint density at radius 3 is 0.533 bits per heavy atom. The van der Waals surface area contributed by atoms with Gasteiger partial charge in [0.05, 0.1) is 45.8 Å². The first-order valence-electron chi connectivity index (χ1n) is 15.8. The standard InChI is InChI=1S/2C12H28O4Si.2C4H10O.Zr/c2*1-10(2,3)14-17(13,15-11(4,5)6)16-12(7,8)9;2*1-3-4(2)5;/h2*13H,1-9H3;2*4-5H,3H2,1-2H3;. The Bertz CT molecular complexity index is 582. The van der Waals surface area contributed by atoms with Gasteiger partial charge in [0.15, 0.2) is 0 Å². The fourth-order valence-electron chi connectivity index (χ4n) is 2.45. The van der Waals surface area contributed by atoms with E-state index in [2.05, 4.69) is 0 Å². The normalized spacial score (nSPS) is 14.8. The fraction of sp³-hybridized carbons (Fsp3) is 1.00. The largest absolute Gasteiger partial charge is 0.678 e. The number of aliphatic hydroxyl groups excluding tert-OH is 2. The third-order valence-corrected chi connectivity index (χ3v) is 9.01. The minimum atomic E-state index is -3.66. The molecule has 45 heavy (non-hydrogen) atoms. The number of aliphatic hydroxyl groups is 2. The number of rotatable bonds is 8. The van der Waals surface area contributed by atoms with Gasteiger partial charge in [-0.3, -0.25) is 0 Å². The summed E-state index contributed by atoms with van der Waals surface area (Å²) in [4.78, 5) is 21.0. The Kier molecular flexibility index (Phi) is 26.9. The number of hydrogen-bond acceptors (Lipinski definition) is 10. The van der Waals surface area contributed by atoms with Crippen molar-refractivity contribution in [1.29, 1.82) is 0 Å². The second-order valence-electron chi connectivity index (χ2n) is 16.8. The second-order valence-corrected chi connectivity index (χ2v) is 20.2. The molecule has 0 saturated carbocycles. The minimum Gasteiger partial charge on any atom is -0.393 e. The zero-order chi connectivity index (χ0) is 36.8. The molecule has 0 spiro atoms. The van der Waals surface area contributed by atoms with Crippen LogP contribution in [0.2, 0.25) is 0 Å². The molecule has 0 radical (unpaired) electrons. The van der Waals surface area contributed by atoms with Gasteiger partial charge in [-0.05, 0) is 151 Å². The van der Waals surface area contributed by atoms with Crippen LogP contribution in [-0.2, 0) is 52.8 Å². The molecule has 0 rings (SSSR count). The summed E-state index contributed by atoms with van der Waals surface area (Å²) in [6, 6.07) is 0. The van der Waals surface area contributed by atoms with Crippen molar-refractivity contribution in [2.75, 3.05) is 0 Å². The van der Waals surface area contributed by atoms with Crippen molar-refractivity contribution < 1.29 is 72.6 Å². The van der Waals surface area contributed by atoms with E-state index in [0.717, 1.165) is 12.8 Å². The smallest absolute Gasteiger partial charge is 0.393 e. The average molecular weight is 768 g/mol. The molecule has 0 aliphatic rings. The van der Waals surface area contributed by atoms with E-state index in [-0.39, 0.29) is 38.4 Å². The molecule has 0 amide bonds. The van der Waals surface area contributed by atoms with Crippen LogP contribution in [0.5, 0.6) is 0 Å². The second kappa shape index (κ2) is 21.9. The SMILES string of the molecule is CC(C)(C)O[Si](O)(OC(C)(C)C)OC(C)(C)C.CC(C)(C)O[Si](O)(OC(C)(C)C)OC(C)(C)C.CCC(C)O.CCC(C)O.[Zr].